The van der Waals surface area contributed by atoms with Crippen LogP contribution in [0.15, 0.2) is 64.6 Å². The molecule has 0 aliphatic rings. The second-order valence-electron chi connectivity index (χ2n) is 6.38. The number of nitrogens with zero attached hydrogens (tertiary/aromatic N) is 1. The first-order valence-electron chi connectivity index (χ1n) is 8.89. The number of amides is 1. The van der Waals surface area contributed by atoms with Crippen LogP contribution in [-0.2, 0) is 9.53 Å². The van der Waals surface area contributed by atoms with Crippen molar-refractivity contribution in [1.82, 2.24) is 0 Å². The normalized spacial score (nSPS) is 10.9. The molecule has 0 saturated carbocycles. The molecule has 0 spiro atoms. The molecule has 1 aromatic heterocycles. The Kier molecular flexibility index (Phi) is 6.35. The summed E-state index contributed by atoms with van der Waals surface area (Å²) in [6.07, 6.45) is 1.36. The monoisotopic (exact) mass is 420 g/mol. The number of anilines is 1. The highest BCUT2D eigenvalue weighted by molar-refractivity contribution is 6.33. The molecule has 30 heavy (non-hydrogen) atoms. The Labute approximate surface area is 178 Å². The van der Waals surface area contributed by atoms with Gasteiger partial charge in [-0.3, -0.25) is 4.79 Å². The van der Waals surface area contributed by atoms with Gasteiger partial charge in [-0.15, -0.1) is 0 Å². The van der Waals surface area contributed by atoms with Gasteiger partial charge >= 0.3 is 5.97 Å². The number of rotatable bonds is 5. The number of hydrogen-bond donors (Lipinski definition) is 1. The quantitative estimate of drug-likeness (QED) is 0.346. The molecule has 1 N–H and O–H groups in total. The van der Waals surface area contributed by atoms with Gasteiger partial charge in [0, 0.05) is 17.3 Å². The zero-order valence-electron chi connectivity index (χ0n) is 16.2. The van der Waals surface area contributed by atoms with E-state index >= 15 is 0 Å². The molecule has 6 nitrogen and oxygen atoms in total. The third-order valence-electron chi connectivity index (χ3n) is 4.25. The van der Waals surface area contributed by atoms with Gasteiger partial charge in [0.05, 0.1) is 17.7 Å². The minimum Gasteiger partial charge on any atom is -0.465 e. The maximum absolute atomic E-state index is 12.4. The number of halogens is 1. The summed E-state index contributed by atoms with van der Waals surface area (Å²) in [5.41, 5.74) is 2.43. The molecule has 0 radical (unpaired) electrons. The molecule has 3 rings (SSSR count). The highest BCUT2D eigenvalue weighted by Gasteiger charge is 2.14. The van der Waals surface area contributed by atoms with Gasteiger partial charge < -0.3 is 14.5 Å². The number of methoxy groups -OCH3 is 1. The molecule has 0 aliphatic heterocycles. The Morgan fingerprint density at radius 1 is 1.13 bits per heavy atom. The molecule has 0 bridgehead atoms. The van der Waals surface area contributed by atoms with E-state index in [1.807, 2.05) is 25.1 Å². The Hall–Kier alpha value is -3.82. The topological polar surface area (TPSA) is 92.3 Å². The van der Waals surface area contributed by atoms with Crippen molar-refractivity contribution in [2.45, 2.75) is 6.92 Å². The summed E-state index contributed by atoms with van der Waals surface area (Å²) in [5, 5.41) is 12.3. The van der Waals surface area contributed by atoms with E-state index in [-0.39, 0.29) is 16.2 Å². The molecule has 7 heteroatoms. The molecular weight excluding hydrogens is 404 g/mol. The Morgan fingerprint density at radius 2 is 1.87 bits per heavy atom. The highest BCUT2D eigenvalue weighted by atomic mass is 35.5. The van der Waals surface area contributed by atoms with Crippen LogP contribution in [0.3, 0.4) is 0 Å². The summed E-state index contributed by atoms with van der Waals surface area (Å²) in [7, 11) is 1.28. The number of ether oxygens (including phenoxy) is 1. The van der Waals surface area contributed by atoms with E-state index in [4.69, 9.17) is 16.0 Å². The molecule has 1 amide bonds. The summed E-state index contributed by atoms with van der Waals surface area (Å²) in [6, 6.07) is 17.2. The van der Waals surface area contributed by atoms with Gasteiger partial charge in [0.2, 0.25) is 0 Å². The van der Waals surface area contributed by atoms with Crippen molar-refractivity contribution in [3.05, 3.63) is 82.1 Å². The van der Waals surface area contributed by atoms with Crippen LogP contribution in [0.5, 0.6) is 0 Å². The minimum absolute atomic E-state index is 0.101. The number of carbonyl (C=O) groups excluding carboxylic acids is 2. The molecule has 1 heterocycles. The molecule has 0 atom stereocenters. The summed E-state index contributed by atoms with van der Waals surface area (Å²) in [4.78, 5) is 24.0. The van der Waals surface area contributed by atoms with Gasteiger partial charge in [0.1, 0.15) is 23.2 Å². The first kappa shape index (κ1) is 20.9. The van der Waals surface area contributed by atoms with Crippen LogP contribution in [0.1, 0.15) is 21.7 Å². The van der Waals surface area contributed by atoms with E-state index in [1.54, 1.807) is 36.4 Å². The van der Waals surface area contributed by atoms with Gasteiger partial charge in [0.25, 0.3) is 5.91 Å². The molecule has 0 saturated heterocycles. The second-order valence-corrected chi connectivity index (χ2v) is 6.79. The fourth-order valence-corrected chi connectivity index (χ4v) is 2.91. The molecule has 150 valence electrons. The second kappa shape index (κ2) is 9.12. The van der Waals surface area contributed by atoms with Crippen molar-refractivity contribution in [1.29, 1.82) is 5.26 Å². The zero-order chi connectivity index (χ0) is 21.7. The van der Waals surface area contributed by atoms with Crippen molar-refractivity contribution < 1.29 is 18.7 Å². The van der Waals surface area contributed by atoms with Gasteiger partial charge in [-0.2, -0.15) is 5.26 Å². The van der Waals surface area contributed by atoms with Crippen LogP contribution in [0.4, 0.5) is 5.69 Å². The predicted octanol–water partition coefficient (Wildman–Crippen LogP) is 5.24. The number of aryl methyl sites for hydroxylation is 1. The average Bonchev–Trinajstić information content (AvgIpc) is 3.21. The molecule has 0 aliphatic carbocycles. The summed E-state index contributed by atoms with van der Waals surface area (Å²) < 4.78 is 10.4. The fourth-order valence-electron chi connectivity index (χ4n) is 2.66. The highest BCUT2D eigenvalue weighted by Crippen LogP contribution is 2.28. The van der Waals surface area contributed by atoms with Crippen LogP contribution in [0, 0.1) is 18.3 Å². The predicted molar refractivity (Wildman–Crippen MR) is 114 cm³/mol. The number of nitriles is 1. The Morgan fingerprint density at radius 3 is 2.50 bits per heavy atom. The lowest BCUT2D eigenvalue weighted by Gasteiger charge is -2.04. The fraction of sp³-hybridized carbons (Fsp3) is 0.0870. The van der Waals surface area contributed by atoms with Crippen LogP contribution in [0.25, 0.3) is 17.4 Å². The largest absolute Gasteiger partial charge is 0.465 e. The van der Waals surface area contributed by atoms with Crippen LogP contribution in [0.2, 0.25) is 5.02 Å². The van der Waals surface area contributed by atoms with Crippen molar-refractivity contribution in [3.8, 4) is 17.4 Å². The molecule has 0 unspecified atom stereocenters. The first-order valence-corrected chi connectivity index (χ1v) is 9.27. The van der Waals surface area contributed by atoms with E-state index in [2.05, 4.69) is 10.1 Å². The molecule has 0 fully saturated rings. The van der Waals surface area contributed by atoms with E-state index < -0.39 is 11.9 Å². The van der Waals surface area contributed by atoms with Crippen molar-refractivity contribution >= 4 is 35.2 Å². The number of furan rings is 1. The van der Waals surface area contributed by atoms with Gasteiger partial charge in [-0.05, 0) is 43.3 Å². The number of nitrogens with one attached hydrogen (secondary N) is 1. The van der Waals surface area contributed by atoms with Crippen LogP contribution in [-0.4, -0.2) is 19.0 Å². The SMILES string of the molecule is COC(=O)c1ccc(-c2ccc(/C=C(\C#N)C(=O)Nc3ccc(C)cc3)o2)cc1Cl. The maximum atomic E-state index is 12.4. The van der Waals surface area contributed by atoms with Crippen molar-refractivity contribution in [3.63, 3.8) is 0 Å². The lowest BCUT2D eigenvalue weighted by atomic mass is 10.1. The first-order chi connectivity index (χ1) is 14.4. The van der Waals surface area contributed by atoms with E-state index in [9.17, 15) is 14.9 Å². The number of benzene rings is 2. The van der Waals surface area contributed by atoms with E-state index in [0.717, 1.165) is 5.56 Å². The summed E-state index contributed by atoms with van der Waals surface area (Å²) >= 11 is 6.14. The smallest absolute Gasteiger partial charge is 0.339 e. The lowest BCUT2D eigenvalue weighted by molar-refractivity contribution is -0.112. The van der Waals surface area contributed by atoms with Crippen molar-refractivity contribution in [2.24, 2.45) is 0 Å². The number of carbonyl (C=O) groups is 2. The van der Waals surface area contributed by atoms with E-state index in [0.29, 0.717) is 22.8 Å². The van der Waals surface area contributed by atoms with Gasteiger partial charge in [-0.25, -0.2) is 4.79 Å². The molecule has 2 aromatic carbocycles. The average molecular weight is 421 g/mol. The summed E-state index contributed by atoms with van der Waals surface area (Å²) in [6.45, 7) is 1.94. The lowest BCUT2D eigenvalue weighted by Crippen LogP contribution is -2.13. The van der Waals surface area contributed by atoms with Crippen LogP contribution >= 0.6 is 11.6 Å². The standard InChI is InChI=1S/C23H17ClN2O4/c1-14-3-6-17(7-4-14)26-22(27)16(13-25)11-18-8-10-21(30-18)15-5-9-19(20(24)12-15)23(28)29-2/h3-12H,1-2H3,(H,26,27)/b16-11+. The van der Waals surface area contributed by atoms with Gasteiger partial charge in [-0.1, -0.05) is 35.4 Å². The Balaban J connectivity index is 1.80. The third kappa shape index (κ3) is 4.77. The van der Waals surface area contributed by atoms with Crippen molar-refractivity contribution in [2.75, 3.05) is 12.4 Å². The van der Waals surface area contributed by atoms with Crippen LogP contribution < -0.4 is 5.32 Å². The molecular formula is C23H17ClN2O4. The minimum atomic E-state index is -0.537. The number of hydrogen-bond acceptors (Lipinski definition) is 5. The molecule has 3 aromatic rings. The summed E-state index contributed by atoms with van der Waals surface area (Å²) in [5.74, 6) is -0.276. The third-order valence-corrected chi connectivity index (χ3v) is 4.56. The number of esters is 1. The van der Waals surface area contributed by atoms with E-state index in [1.165, 1.54) is 19.3 Å². The zero-order valence-corrected chi connectivity index (χ0v) is 17.0. The maximum Gasteiger partial charge on any atom is 0.339 e. The van der Waals surface area contributed by atoms with Gasteiger partial charge in [0.15, 0.2) is 0 Å². The Bertz CT molecular complexity index is 1170.